The van der Waals surface area contributed by atoms with Crippen LogP contribution in [-0.4, -0.2) is 17.2 Å². The van der Waals surface area contributed by atoms with Gasteiger partial charge in [0.15, 0.2) is 0 Å². The summed E-state index contributed by atoms with van der Waals surface area (Å²) in [4.78, 5) is 0. The first-order valence-corrected chi connectivity index (χ1v) is 39.0. The summed E-state index contributed by atoms with van der Waals surface area (Å²) in [5.74, 6) is 0. The van der Waals surface area contributed by atoms with Crippen molar-refractivity contribution in [2.75, 3.05) is 0 Å². The topological polar surface area (TPSA) is 40.5 Å². The van der Waals surface area contributed by atoms with Crippen LogP contribution < -0.4 is 5.46 Å². The van der Waals surface area contributed by atoms with Crippen LogP contribution in [0.4, 0.5) is 0 Å². The van der Waals surface area contributed by atoms with Gasteiger partial charge >= 0.3 is 7.12 Å². The van der Waals surface area contributed by atoms with Gasteiger partial charge in [-0.1, -0.05) is 374 Å². The minimum Gasteiger partial charge on any atom is -0.423 e. The first-order chi connectivity index (χ1) is 55.3. The maximum atomic E-state index is 10.2. The lowest BCUT2D eigenvalue weighted by Gasteiger charge is -2.19. The van der Waals surface area contributed by atoms with E-state index in [1.807, 2.05) is 36.4 Å². The molecule has 22 aromatic rings. The van der Waals surface area contributed by atoms with Crippen LogP contribution in [0, 0.1) is 0 Å². The van der Waals surface area contributed by atoms with E-state index in [-0.39, 0.29) is 0 Å². The Balaban J connectivity index is 0.000000120. The molecule has 4 heteroatoms. The van der Waals surface area contributed by atoms with Gasteiger partial charge in [-0.3, -0.25) is 0 Å². The van der Waals surface area contributed by atoms with Crippen molar-refractivity contribution >= 4 is 158 Å². The Kier molecular flexibility index (Phi) is 17.4. The minimum absolute atomic E-state index is 0.552. The zero-order valence-electron chi connectivity index (χ0n) is 61.1. The van der Waals surface area contributed by atoms with Crippen molar-refractivity contribution in [2.24, 2.45) is 0 Å². The van der Waals surface area contributed by atoms with Gasteiger partial charge in [0.25, 0.3) is 0 Å². The SMILES string of the molecule is Brc1cccc(-c2ccc3c4ccccc4c4ccccc4c3c2)c1.OB(O)c1c2ccccc2c(-c2cccc(-c3ccc4ccccc4c3)c2)c2ccccc12.c1cc(-c2ccc3ccccc3c2)cc(-c2c3ccccc3c(-c3cccc(-c4ccc5c6ccccc6c6ccccc6c5c4)c3)c3ccccc23)c1. The average Bonchev–Trinajstić information content (AvgIpc) is 0.766. The molecule has 0 saturated heterocycles. The van der Waals surface area contributed by atoms with E-state index in [9.17, 15) is 10.0 Å². The summed E-state index contributed by atoms with van der Waals surface area (Å²) in [6.45, 7) is 0. The lowest BCUT2D eigenvalue weighted by atomic mass is 9.72. The Bertz CT molecular complexity index is 7340. The molecule has 0 amide bonds. The number of hydrogen-bond acceptors (Lipinski definition) is 2. The highest BCUT2D eigenvalue weighted by Crippen LogP contribution is 2.47. The second-order valence-electron chi connectivity index (χ2n) is 29.2. The molecule has 0 aliphatic rings. The minimum atomic E-state index is -1.54. The fraction of sp³-hybridized carbons (Fsp3) is 0. The van der Waals surface area contributed by atoms with Gasteiger partial charge in [0.05, 0.1) is 0 Å². The molecule has 0 aliphatic heterocycles. The quantitative estimate of drug-likeness (QED) is 0.0904. The van der Waals surface area contributed by atoms with Crippen molar-refractivity contribution in [3.05, 3.63) is 417 Å². The Hall–Kier alpha value is -13.6. The van der Waals surface area contributed by atoms with E-state index in [0.29, 0.717) is 5.46 Å². The predicted octanol–water partition coefficient (Wildman–Crippen LogP) is 29.0. The molecule has 2 nitrogen and oxygen atoms in total. The average molecular weight is 1490 g/mol. The van der Waals surface area contributed by atoms with E-state index < -0.39 is 7.12 Å². The van der Waals surface area contributed by atoms with E-state index >= 15 is 0 Å². The van der Waals surface area contributed by atoms with Crippen molar-refractivity contribution in [3.8, 4) is 77.9 Å². The molecule has 0 radical (unpaired) electrons. The molecule has 0 atom stereocenters. The highest BCUT2D eigenvalue weighted by Gasteiger charge is 2.24. The van der Waals surface area contributed by atoms with Gasteiger partial charge in [-0.25, -0.2) is 0 Å². The number of hydrogen-bond donors (Lipinski definition) is 2. The summed E-state index contributed by atoms with van der Waals surface area (Å²) >= 11 is 3.58. The van der Waals surface area contributed by atoms with Crippen LogP contribution in [0.15, 0.2) is 417 Å². The van der Waals surface area contributed by atoms with E-state index in [4.69, 9.17) is 0 Å². The van der Waals surface area contributed by atoms with Gasteiger partial charge in [-0.15, -0.1) is 0 Å². The second-order valence-corrected chi connectivity index (χ2v) is 30.1. The summed E-state index contributed by atoms with van der Waals surface area (Å²) in [6, 6.07) is 148. The fourth-order valence-electron chi connectivity index (χ4n) is 17.6. The molecule has 0 fully saturated rings. The maximum absolute atomic E-state index is 10.2. The van der Waals surface area contributed by atoms with Gasteiger partial charge in [0.1, 0.15) is 0 Å². The van der Waals surface area contributed by atoms with Crippen LogP contribution >= 0.6 is 15.9 Å². The van der Waals surface area contributed by atoms with E-state index in [1.165, 1.54) is 169 Å². The lowest BCUT2D eigenvalue weighted by molar-refractivity contribution is 0.426. The van der Waals surface area contributed by atoms with Crippen LogP contribution in [0.3, 0.4) is 0 Å². The van der Waals surface area contributed by atoms with Crippen LogP contribution in [0.5, 0.6) is 0 Å². The van der Waals surface area contributed by atoms with Crippen molar-refractivity contribution in [2.45, 2.75) is 0 Å². The van der Waals surface area contributed by atoms with Gasteiger partial charge in [-0.2, -0.15) is 0 Å². The van der Waals surface area contributed by atoms with Crippen LogP contribution in [0.1, 0.15) is 0 Å². The molecule has 0 heterocycles. The molecule has 2 N–H and O–H groups in total. The summed E-state index contributed by atoms with van der Waals surface area (Å²) < 4.78 is 1.11. The van der Waals surface area contributed by atoms with Gasteiger partial charge in [0, 0.05) is 4.47 Å². The molecule has 0 aliphatic carbocycles. The summed E-state index contributed by atoms with van der Waals surface area (Å²) in [7, 11) is -1.54. The molecule has 22 rings (SSSR count). The number of benzene rings is 22. The Morgan fingerprint density at radius 3 is 0.696 bits per heavy atom. The van der Waals surface area contributed by atoms with E-state index in [2.05, 4.69) is 392 Å². The molecule has 524 valence electrons. The van der Waals surface area contributed by atoms with E-state index in [1.54, 1.807) is 0 Å². The highest BCUT2D eigenvalue weighted by atomic mass is 79.9. The van der Waals surface area contributed by atoms with Gasteiger partial charge < -0.3 is 10.0 Å². The third kappa shape index (κ3) is 12.2. The summed E-state index contributed by atoms with van der Waals surface area (Å²) in [5.41, 5.74) is 17.4. The van der Waals surface area contributed by atoms with Crippen LogP contribution in [-0.2, 0) is 0 Å². The molecule has 0 saturated carbocycles. The molecule has 0 bridgehead atoms. The van der Waals surface area contributed by atoms with E-state index in [0.717, 1.165) is 42.7 Å². The molecular weight excluding hydrogens is 1420 g/mol. The largest absolute Gasteiger partial charge is 0.489 e. The van der Waals surface area contributed by atoms with Crippen molar-refractivity contribution in [1.82, 2.24) is 0 Å². The maximum Gasteiger partial charge on any atom is 0.489 e. The first kappa shape index (κ1) is 67.8. The molecular formula is C108H70BBrO2. The zero-order valence-corrected chi connectivity index (χ0v) is 62.7. The van der Waals surface area contributed by atoms with Crippen molar-refractivity contribution in [3.63, 3.8) is 0 Å². The lowest BCUT2D eigenvalue weighted by Crippen LogP contribution is -2.31. The van der Waals surface area contributed by atoms with Gasteiger partial charge in [0.2, 0.25) is 0 Å². The third-order valence-corrected chi connectivity index (χ3v) is 23.3. The summed E-state index contributed by atoms with van der Waals surface area (Å²) in [5, 5.41) is 49.8. The molecule has 0 unspecified atom stereocenters. The predicted molar refractivity (Wildman–Crippen MR) is 485 cm³/mol. The standard InChI is InChI=1S/C54H34.C30H21BO2.C24H15Br/c1-2-14-36-31-39(28-27-35(36)13-1)37-15-11-17-41(32-37)53-48-23-7-9-25-50(48)54(51-26-10-8-24-49(51)53)42-18-12-16-38(33-42)40-29-30-47-45-21-4-3-19-43(45)44-20-5-6-22-46(44)52(47)34-40;32-31(33)30-27-14-5-3-12-25(27)29(26-13-4-6-15-28(26)30)24-11-7-10-22(19-24)23-17-16-20-8-1-2-9-21(20)18-23;25-18-7-5-6-16(14-18)17-12-13-23-21-10-2-1-8-19(21)20-9-3-4-11-22(20)24(23)15-17/h1-34H;1-19,32-33H;1-15H. The smallest absolute Gasteiger partial charge is 0.423 e. The zero-order chi connectivity index (χ0) is 74.8. The monoisotopic (exact) mass is 1490 g/mol. The summed E-state index contributed by atoms with van der Waals surface area (Å²) in [6.07, 6.45) is 0. The van der Waals surface area contributed by atoms with Crippen molar-refractivity contribution < 1.29 is 10.0 Å². The molecule has 112 heavy (non-hydrogen) atoms. The van der Waals surface area contributed by atoms with Crippen molar-refractivity contribution in [1.29, 1.82) is 0 Å². The number of fused-ring (bicyclic) bond motifs is 18. The Labute approximate surface area is 657 Å². The molecule has 0 spiro atoms. The molecule has 0 aromatic heterocycles. The number of halogens is 1. The molecule has 22 aromatic carbocycles. The Morgan fingerprint density at radius 1 is 0.152 bits per heavy atom. The number of rotatable bonds is 8. The van der Waals surface area contributed by atoms with Crippen LogP contribution in [0.2, 0.25) is 0 Å². The third-order valence-electron chi connectivity index (χ3n) is 22.8. The normalized spacial score (nSPS) is 11.5. The second kappa shape index (κ2) is 28.8. The first-order valence-electron chi connectivity index (χ1n) is 38.3. The highest BCUT2D eigenvalue weighted by molar-refractivity contribution is 9.10. The fourth-order valence-corrected chi connectivity index (χ4v) is 18.0. The van der Waals surface area contributed by atoms with Gasteiger partial charge in [-0.05, 0) is 267 Å². The van der Waals surface area contributed by atoms with Crippen LogP contribution in [0.25, 0.3) is 207 Å². The Morgan fingerprint density at radius 2 is 0.375 bits per heavy atom.